The van der Waals surface area contributed by atoms with Crippen LogP contribution in [0.3, 0.4) is 0 Å². The zero-order valence-electron chi connectivity index (χ0n) is 16.0. The van der Waals surface area contributed by atoms with Gasteiger partial charge in [0.1, 0.15) is 0 Å². The fourth-order valence-electron chi connectivity index (χ4n) is 2.87. The Morgan fingerprint density at radius 3 is 2.42 bits per heavy atom. The molecule has 140 valence electrons. The molecule has 5 heteroatoms. The second-order valence-electron chi connectivity index (χ2n) is 6.71. The summed E-state index contributed by atoms with van der Waals surface area (Å²) in [4.78, 5) is 14.8. The number of amides is 1. The van der Waals surface area contributed by atoms with Crippen LogP contribution in [-0.4, -0.2) is 38.1 Å². The van der Waals surface area contributed by atoms with Gasteiger partial charge in [0.05, 0.1) is 14.2 Å². The SMILES string of the molecule is COc1ccc(CCN(CC(C)C)C(=O)c2cccc(N)c2)cc1OC. The number of ether oxygens (including phenoxy) is 2. The normalized spacial score (nSPS) is 10.7. The Morgan fingerprint density at radius 1 is 1.08 bits per heavy atom. The van der Waals surface area contributed by atoms with E-state index in [1.807, 2.05) is 35.2 Å². The van der Waals surface area contributed by atoms with Crippen molar-refractivity contribution in [3.63, 3.8) is 0 Å². The molecule has 2 aromatic rings. The molecule has 0 atom stereocenters. The van der Waals surface area contributed by atoms with Crippen molar-refractivity contribution < 1.29 is 14.3 Å². The third kappa shape index (κ3) is 5.15. The lowest BCUT2D eigenvalue weighted by molar-refractivity contribution is 0.0738. The van der Waals surface area contributed by atoms with Crippen LogP contribution in [0.25, 0.3) is 0 Å². The van der Waals surface area contributed by atoms with Crippen molar-refractivity contribution >= 4 is 11.6 Å². The van der Waals surface area contributed by atoms with E-state index in [1.54, 1.807) is 26.4 Å². The molecule has 0 spiro atoms. The summed E-state index contributed by atoms with van der Waals surface area (Å²) in [6.07, 6.45) is 0.737. The minimum atomic E-state index is 0.00600. The van der Waals surface area contributed by atoms with Crippen molar-refractivity contribution in [2.24, 2.45) is 5.92 Å². The fourth-order valence-corrected chi connectivity index (χ4v) is 2.87. The highest BCUT2D eigenvalue weighted by Gasteiger charge is 2.17. The molecular formula is C21H28N2O3. The summed E-state index contributed by atoms with van der Waals surface area (Å²) in [6, 6.07) is 13.0. The molecule has 0 aromatic heterocycles. The van der Waals surface area contributed by atoms with Crippen LogP contribution in [0.2, 0.25) is 0 Å². The number of nitrogens with two attached hydrogens (primary N) is 1. The summed E-state index contributed by atoms with van der Waals surface area (Å²) in [7, 11) is 3.24. The van der Waals surface area contributed by atoms with E-state index in [4.69, 9.17) is 15.2 Å². The first-order valence-corrected chi connectivity index (χ1v) is 8.80. The van der Waals surface area contributed by atoms with Gasteiger partial charge in [-0.25, -0.2) is 0 Å². The first-order chi connectivity index (χ1) is 12.4. The number of hydrogen-bond donors (Lipinski definition) is 1. The molecule has 0 saturated heterocycles. The smallest absolute Gasteiger partial charge is 0.253 e. The zero-order chi connectivity index (χ0) is 19.1. The average molecular weight is 356 g/mol. The number of carbonyl (C=O) groups excluding carboxylic acids is 1. The van der Waals surface area contributed by atoms with Crippen molar-refractivity contribution in [2.75, 3.05) is 33.0 Å². The Bertz CT molecular complexity index is 744. The number of nitrogen functional groups attached to an aromatic ring is 1. The molecule has 1 amide bonds. The zero-order valence-corrected chi connectivity index (χ0v) is 16.0. The van der Waals surface area contributed by atoms with Crippen LogP contribution in [0.15, 0.2) is 42.5 Å². The first-order valence-electron chi connectivity index (χ1n) is 8.80. The van der Waals surface area contributed by atoms with E-state index in [0.717, 1.165) is 12.0 Å². The lowest BCUT2D eigenvalue weighted by Crippen LogP contribution is -2.36. The quantitative estimate of drug-likeness (QED) is 0.734. The van der Waals surface area contributed by atoms with Crippen molar-refractivity contribution in [3.05, 3.63) is 53.6 Å². The van der Waals surface area contributed by atoms with Crippen LogP contribution in [0.5, 0.6) is 11.5 Å². The molecule has 0 aliphatic heterocycles. The van der Waals surface area contributed by atoms with Crippen LogP contribution in [0.1, 0.15) is 29.8 Å². The van der Waals surface area contributed by atoms with Crippen LogP contribution in [-0.2, 0) is 6.42 Å². The molecule has 0 unspecified atom stereocenters. The van der Waals surface area contributed by atoms with E-state index in [1.165, 1.54) is 0 Å². The molecule has 0 aliphatic rings. The summed E-state index contributed by atoms with van der Waals surface area (Å²) in [5.74, 6) is 1.78. The molecule has 2 rings (SSSR count). The van der Waals surface area contributed by atoms with Crippen LogP contribution >= 0.6 is 0 Å². The van der Waals surface area contributed by atoms with E-state index in [0.29, 0.717) is 41.8 Å². The average Bonchev–Trinajstić information content (AvgIpc) is 2.63. The van der Waals surface area contributed by atoms with Gasteiger partial charge in [-0.05, 0) is 48.2 Å². The van der Waals surface area contributed by atoms with Gasteiger partial charge in [-0.2, -0.15) is 0 Å². The fraction of sp³-hybridized carbons (Fsp3) is 0.381. The minimum absolute atomic E-state index is 0.00600. The maximum absolute atomic E-state index is 12.9. The number of benzene rings is 2. The summed E-state index contributed by atoms with van der Waals surface area (Å²) in [5, 5.41) is 0. The van der Waals surface area contributed by atoms with Crippen molar-refractivity contribution in [2.45, 2.75) is 20.3 Å². The van der Waals surface area contributed by atoms with E-state index < -0.39 is 0 Å². The highest BCUT2D eigenvalue weighted by Crippen LogP contribution is 2.27. The molecule has 5 nitrogen and oxygen atoms in total. The highest BCUT2D eigenvalue weighted by atomic mass is 16.5. The van der Waals surface area contributed by atoms with E-state index in [9.17, 15) is 4.79 Å². The van der Waals surface area contributed by atoms with Gasteiger partial charge in [0.25, 0.3) is 5.91 Å². The number of carbonyl (C=O) groups is 1. The maximum Gasteiger partial charge on any atom is 0.253 e. The Labute approximate surface area is 155 Å². The lowest BCUT2D eigenvalue weighted by atomic mass is 10.1. The van der Waals surface area contributed by atoms with Crippen LogP contribution in [0.4, 0.5) is 5.69 Å². The molecule has 0 bridgehead atoms. The van der Waals surface area contributed by atoms with Gasteiger partial charge < -0.3 is 20.1 Å². The van der Waals surface area contributed by atoms with E-state index in [-0.39, 0.29) is 5.91 Å². The van der Waals surface area contributed by atoms with Gasteiger partial charge >= 0.3 is 0 Å². The number of hydrogen-bond acceptors (Lipinski definition) is 4. The third-order valence-electron chi connectivity index (χ3n) is 4.12. The Kier molecular flexibility index (Phi) is 6.89. The number of nitrogens with zero attached hydrogens (tertiary/aromatic N) is 1. The topological polar surface area (TPSA) is 64.8 Å². The first kappa shape index (κ1) is 19.6. The van der Waals surface area contributed by atoms with Gasteiger partial charge in [-0.3, -0.25) is 4.79 Å². The predicted molar refractivity (Wildman–Crippen MR) is 105 cm³/mol. The monoisotopic (exact) mass is 356 g/mol. The molecule has 0 fully saturated rings. The van der Waals surface area contributed by atoms with E-state index >= 15 is 0 Å². The van der Waals surface area contributed by atoms with Crippen LogP contribution < -0.4 is 15.2 Å². The number of rotatable bonds is 8. The van der Waals surface area contributed by atoms with E-state index in [2.05, 4.69) is 13.8 Å². The van der Waals surface area contributed by atoms with Gasteiger partial charge in [0.2, 0.25) is 0 Å². The summed E-state index contributed by atoms with van der Waals surface area (Å²) in [6.45, 7) is 5.54. The molecule has 0 radical (unpaired) electrons. The number of methoxy groups -OCH3 is 2. The minimum Gasteiger partial charge on any atom is -0.493 e. The number of anilines is 1. The standard InChI is InChI=1S/C21H28N2O3/c1-15(2)14-23(21(24)17-6-5-7-18(22)13-17)11-10-16-8-9-19(25-3)20(12-16)26-4/h5-9,12-13,15H,10-11,14,22H2,1-4H3. The van der Waals surface area contributed by atoms with Crippen molar-refractivity contribution in [1.82, 2.24) is 4.90 Å². The van der Waals surface area contributed by atoms with Crippen molar-refractivity contribution in [1.29, 1.82) is 0 Å². The largest absolute Gasteiger partial charge is 0.493 e. The van der Waals surface area contributed by atoms with Crippen molar-refractivity contribution in [3.8, 4) is 11.5 Å². The second kappa shape index (κ2) is 9.13. The molecule has 0 heterocycles. The third-order valence-corrected chi connectivity index (χ3v) is 4.12. The maximum atomic E-state index is 12.9. The predicted octanol–water partition coefficient (Wildman–Crippen LogP) is 3.63. The van der Waals surface area contributed by atoms with Crippen LogP contribution in [0, 0.1) is 5.92 Å². The van der Waals surface area contributed by atoms with Gasteiger partial charge in [0, 0.05) is 24.3 Å². The Balaban J connectivity index is 2.14. The summed E-state index contributed by atoms with van der Waals surface area (Å²) < 4.78 is 10.6. The summed E-state index contributed by atoms with van der Waals surface area (Å²) in [5.41, 5.74) is 8.14. The molecule has 0 saturated carbocycles. The highest BCUT2D eigenvalue weighted by molar-refractivity contribution is 5.95. The molecule has 26 heavy (non-hydrogen) atoms. The Hall–Kier alpha value is -2.69. The van der Waals surface area contributed by atoms with Gasteiger partial charge in [-0.15, -0.1) is 0 Å². The molecule has 2 aromatic carbocycles. The van der Waals surface area contributed by atoms with Gasteiger partial charge in [-0.1, -0.05) is 26.0 Å². The lowest BCUT2D eigenvalue weighted by Gasteiger charge is -2.25. The Morgan fingerprint density at radius 2 is 1.81 bits per heavy atom. The van der Waals surface area contributed by atoms with Gasteiger partial charge in [0.15, 0.2) is 11.5 Å². The molecular weight excluding hydrogens is 328 g/mol. The molecule has 2 N–H and O–H groups in total. The second-order valence-corrected chi connectivity index (χ2v) is 6.71. The summed E-state index contributed by atoms with van der Waals surface area (Å²) >= 11 is 0. The molecule has 0 aliphatic carbocycles.